The Hall–Kier alpha value is -0.910. The molecule has 0 spiro atoms. The van der Waals surface area contributed by atoms with Crippen molar-refractivity contribution in [1.82, 2.24) is 14.9 Å². The number of morpholine rings is 1. The highest BCUT2D eigenvalue weighted by Gasteiger charge is 2.21. The summed E-state index contributed by atoms with van der Waals surface area (Å²) in [5.41, 5.74) is 2.22. The van der Waals surface area contributed by atoms with Crippen molar-refractivity contribution < 1.29 is 4.74 Å². The van der Waals surface area contributed by atoms with E-state index < -0.39 is 0 Å². The third-order valence-electron chi connectivity index (χ3n) is 3.29. The standard InChI is InChI=1S/C13H16BrN3O/c1-2-17-12-4-3-9(14)7-10(12)16-13(17)11-8-18-6-5-15-11/h3-4,7,11,15H,2,5-6,8H2,1H3. The van der Waals surface area contributed by atoms with Gasteiger partial charge in [-0.1, -0.05) is 15.9 Å². The number of fused-ring (bicyclic) bond motifs is 1. The SMILES string of the molecule is CCn1c(C2COCCN2)nc2cc(Br)ccc21. The van der Waals surface area contributed by atoms with Crippen LogP contribution in [0.2, 0.25) is 0 Å². The van der Waals surface area contributed by atoms with Crippen molar-refractivity contribution in [2.75, 3.05) is 19.8 Å². The lowest BCUT2D eigenvalue weighted by atomic mass is 10.2. The maximum atomic E-state index is 5.53. The van der Waals surface area contributed by atoms with E-state index in [-0.39, 0.29) is 6.04 Å². The number of nitrogens with one attached hydrogen (secondary N) is 1. The van der Waals surface area contributed by atoms with E-state index in [4.69, 9.17) is 9.72 Å². The smallest absolute Gasteiger partial charge is 0.129 e. The molecule has 1 aromatic carbocycles. The van der Waals surface area contributed by atoms with Gasteiger partial charge in [-0.05, 0) is 25.1 Å². The fraction of sp³-hybridized carbons (Fsp3) is 0.462. The van der Waals surface area contributed by atoms with Gasteiger partial charge in [0.05, 0.1) is 30.3 Å². The van der Waals surface area contributed by atoms with Crippen LogP contribution in [-0.2, 0) is 11.3 Å². The van der Waals surface area contributed by atoms with Crippen LogP contribution in [0.3, 0.4) is 0 Å². The van der Waals surface area contributed by atoms with Gasteiger partial charge in [-0.25, -0.2) is 4.98 Å². The van der Waals surface area contributed by atoms with Gasteiger partial charge in [0.25, 0.3) is 0 Å². The number of nitrogens with zero attached hydrogens (tertiary/aromatic N) is 2. The van der Waals surface area contributed by atoms with E-state index in [1.54, 1.807) is 0 Å². The number of imidazole rings is 1. The fourth-order valence-electron chi connectivity index (χ4n) is 2.45. The predicted octanol–water partition coefficient (Wildman–Crippen LogP) is 2.48. The molecule has 1 saturated heterocycles. The Morgan fingerprint density at radius 2 is 2.44 bits per heavy atom. The molecule has 1 aliphatic heterocycles. The second-order valence-electron chi connectivity index (χ2n) is 4.43. The first-order valence-corrected chi connectivity index (χ1v) is 7.05. The molecule has 0 bridgehead atoms. The molecule has 1 aliphatic rings. The summed E-state index contributed by atoms with van der Waals surface area (Å²) in [4.78, 5) is 4.76. The van der Waals surface area contributed by atoms with Crippen molar-refractivity contribution in [2.45, 2.75) is 19.5 Å². The van der Waals surface area contributed by atoms with E-state index in [9.17, 15) is 0 Å². The molecule has 3 rings (SSSR count). The van der Waals surface area contributed by atoms with E-state index in [2.05, 4.69) is 50.9 Å². The number of hydrogen-bond acceptors (Lipinski definition) is 3. The van der Waals surface area contributed by atoms with E-state index in [0.29, 0.717) is 6.61 Å². The Bertz CT molecular complexity index is 561. The molecular formula is C13H16BrN3O. The zero-order valence-corrected chi connectivity index (χ0v) is 11.9. The van der Waals surface area contributed by atoms with Crippen molar-refractivity contribution in [2.24, 2.45) is 0 Å². The number of aryl methyl sites for hydroxylation is 1. The molecule has 96 valence electrons. The van der Waals surface area contributed by atoms with Crippen LogP contribution in [-0.4, -0.2) is 29.3 Å². The first-order valence-electron chi connectivity index (χ1n) is 6.26. The largest absolute Gasteiger partial charge is 0.378 e. The number of halogens is 1. The molecule has 1 N–H and O–H groups in total. The molecule has 1 unspecified atom stereocenters. The number of aromatic nitrogens is 2. The quantitative estimate of drug-likeness (QED) is 0.926. The Labute approximate surface area is 114 Å². The molecule has 1 atom stereocenters. The number of ether oxygens (including phenoxy) is 1. The van der Waals surface area contributed by atoms with Crippen LogP contribution in [0.5, 0.6) is 0 Å². The molecule has 0 radical (unpaired) electrons. The van der Waals surface area contributed by atoms with Gasteiger partial charge in [-0.3, -0.25) is 0 Å². The summed E-state index contributed by atoms with van der Waals surface area (Å²) >= 11 is 3.49. The van der Waals surface area contributed by atoms with Crippen LogP contribution in [0.15, 0.2) is 22.7 Å². The lowest BCUT2D eigenvalue weighted by molar-refractivity contribution is 0.0733. The van der Waals surface area contributed by atoms with Gasteiger partial charge < -0.3 is 14.6 Å². The Morgan fingerprint density at radius 1 is 1.56 bits per heavy atom. The minimum atomic E-state index is 0.199. The van der Waals surface area contributed by atoms with Crippen LogP contribution in [0, 0.1) is 0 Å². The second-order valence-corrected chi connectivity index (χ2v) is 5.34. The highest BCUT2D eigenvalue weighted by atomic mass is 79.9. The van der Waals surface area contributed by atoms with E-state index in [1.165, 1.54) is 5.52 Å². The molecule has 2 aromatic rings. The highest BCUT2D eigenvalue weighted by molar-refractivity contribution is 9.10. The van der Waals surface area contributed by atoms with Crippen LogP contribution in [0.25, 0.3) is 11.0 Å². The van der Waals surface area contributed by atoms with E-state index >= 15 is 0 Å². The molecule has 0 aliphatic carbocycles. The van der Waals surface area contributed by atoms with Gasteiger partial charge >= 0.3 is 0 Å². The van der Waals surface area contributed by atoms with Crippen molar-refractivity contribution in [3.8, 4) is 0 Å². The molecule has 18 heavy (non-hydrogen) atoms. The zero-order valence-electron chi connectivity index (χ0n) is 10.3. The van der Waals surface area contributed by atoms with Gasteiger partial charge in [0.1, 0.15) is 5.82 Å². The van der Waals surface area contributed by atoms with Crippen LogP contribution >= 0.6 is 15.9 Å². The molecule has 0 saturated carbocycles. The third kappa shape index (κ3) is 2.06. The average Bonchev–Trinajstić information content (AvgIpc) is 2.77. The minimum absolute atomic E-state index is 0.199. The summed E-state index contributed by atoms with van der Waals surface area (Å²) < 4.78 is 8.85. The summed E-state index contributed by atoms with van der Waals surface area (Å²) in [6.07, 6.45) is 0. The Morgan fingerprint density at radius 3 is 3.17 bits per heavy atom. The number of benzene rings is 1. The maximum absolute atomic E-state index is 5.53. The lowest BCUT2D eigenvalue weighted by Gasteiger charge is -2.23. The van der Waals surface area contributed by atoms with Crippen molar-refractivity contribution in [3.63, 3.8) is 0 Å². The number of hydrogen-bond donors (Lipinski definition) is 1. The summed E-state index contributed by atoms with van der Waals surface area (Å²) in [5.74, 6) is 1.07. The monoisotopic (exact) mass is 309 g/mol. The molecule has 5 heteroatoms. The third-order valence-corrected chi connectivity index (χ3v) is 3.78. The molecule has 1 fully saturated rings. The van der Waals surface area contributed by atoms with Crippen molar-refractivity contribution >= 4 is 27.0 Å². The summed E-state index contributed by atoms with van der Waals surface area (Å²) in [5, 5.41) is 3.47. The molecule has 2 heterocycles. The molecular weight excluding hydrogens is 294 g/mol. The van der Waals surface area contributed by atoms with Crippen LogP contribution < -0.4 is 5.32 Å². The van der Waals surface area contributed by atoms with Gasteiger partial charge in [-0.2, -0.15) is 0 Å². The van der Waals surface area contributed by atoms with Gasteiger partial charge in [0.2, 0.25) is 0 Å². The summed E-state index contributed by atoms with van der Waals surface area (Å²) in [7, 11) is 0. The topological polar surface area (TPSA) is 39.1 Å². The average molecular weight is 310 g/mol. The first-order chi connectivity index (χ1) is 8.79. The second kappa shape index (κ2) is 4.99. The molecule has 1 aromatic heterocycles. The normalized spacial score (nSPS) is 20.4. The predicted molar refractivity (Wildman–Crippen MR) is 74.7 cm³/mol. The van der Waals surface area contributed by atoms with Crippen molar-refractivity contribution in [1.29, 1.82) is 0 Å². The maximum Gasteiger partial charge on any atom is 0.129 e. The van der Waals surface area contributed by atoms with E-state index in [0.717, 1.165) is 35.5 Å². The lowest BCUT2D eigenvalue weighted by Crippen LogP contribution is -2.36. The first kappa shape index (κ1) is 12.1. The minimum Gasteiger partial charge on any atom is -0.378 e. The fourth-order valence-corrected chi connectivity index (χ4v) is 2.80. The van der Waals surface area contributed by atoms with Gasteiger partial charge in [0, 0.05) is 17.6 Å². The van der Waals surface area contributed by atoms with Gasteiger partial charge in [-0.15, -0.1) is 0 Å². The molecule has 0 amide bonds. The summed E-state index contributed by atoms with van der Waals surface area (Å²) in [6.45, 7) is 5.45. The van der Waals surface area contributed by atoms with Crippen LogP contribution in [0.4, 0.5) is 0 Å². The Balaban J connectivity index is 2.09. The Kier molecular flexibility index (Phi) is 3.37. The van der Waals surface area contributed by atoms with E-state index in [1.807, 2.05) is 0 Å². The van der Waals surface area contributed by atoms with Gasteiger partial charge in [0.15, 0.2) is 0 Å². The van der Waals surface area contributed by atoms with Crippen molar-refractivity contribution in [3.05, 3.63) is 28.5 Å². The highest BCUT2D eigenvalue weighted by Crippen LogP contribution is 2.24. The zero-order chi connectivity index (χ0) is 12.5. The number of rotatable bonds is 2. The molecule has 4 nitrogen and oxygen atoms in total. The van der Waals surface area contributed by atoms with Crippen LogP contribution in [0.1, 0.15) is 18.8 Å². The summed E-state index contributed by atoms with van der Waals surface area (Å²) in [6, 6.07) is 6.44.